The fourth-order valence-corrected chi connectivity index (χ4v) is 5.19. The molecule has 1 fully saturated rings. The zero-order chi connectivity index (χ0) is 30.4. The topological polar surface area (TPSA) is 145 Å². The van der Waals surface area contributed by atoms with Crippen LogP contribution in [-0.4, -0.2) is 74.3 Å². The highest BCUT2D eigenvalue weighted by Crippen LogP contribution is 2.23. The van der Waals surface area contributed by atoms with Crippen molar-refractivity contribution in [3.05, 3.63) is 83.4 Å². The van der Waals surface area contributed by atoms with Crippen molar-refractivity contribution in [2.24, 2.45) is 11.7 Å². The van der Waals surface area contributed by atoms with Crippen molar-refractivity contribution < 1.29 is 23.9 Å². The van der Waals surface area contributed by atoms with E-state index in [1.54, 1.807) is 18.7 Å². The van der Waals surface area contributed by atoms with Crippen molar-refractivity contribution in [3.8, 4) is 0 Å². The lowest BCUT2D eigenvalue weighted by molar-refractivity contribution is -0.128. The second-order valence-electron chi connectivity index (χ2n) is 11.7. The molecule has 12 heteroatoms. The maximum atomic E-state index is 12.9. The summed E-state index contributed by atoms with van der Waals surface area (Å²) in [6.07, 6.45) is -0.0951. The maximum absolute atomic E-state index is 12.9. The standard InChI is InChI=1S/C31H39N7O5/c1-31(2,32)29(40)33-25(21-42-19-23-11-7-4-8-12-23)28-35-34-26-18-36(13-14-38(26)28)30(41)43-20-24-15-27(39)37(17-24)16-22-9-5-3-6-10-22/h3-12,24-25H,13-21,32H2,1-2H3,(H,33,40)/t24?,25-/m1/s1. The lowest BCUT2D eigenvalue weighted by atomic mass is 10.1. The number of rotatable bonds is 11. The Morgan fingerprint density at radius 3 is 2.44 bits per heavy atom. The number of carbonyl (C=O) groups excluding carboxylic acids is 3. The van der Waals surface area contributed by atoms with Crippen LogP contribution in [0.1, 0.15) is 49.1 Å². The van der Waals surface area contributed by atoms with E-state index in [-0.39, 0.29) is 37.5 Å². The monoisotopic (exact) mass is 589 g/mol. The van der Waals surface area contributed by atoms with Gasteiger partial charge in [-0.15, -0.1) is 10.2 Å². The normalized spacial score (nSPS) is 17.5. The number of fused-ring (bicyclic) bond motifs is 1. The summed E-state index contributed by atoms with van der Waals surface area (Å²) in [6, 6.07) is 19.0. The lowest BCUT2D eigenvalue weighted by Gasteiger charge is -2.29. The Kier molecular flexibility index (Phi) is 9.37. The first-order chi connectivity index (χ1) is 20.7. The molecule has 3 aromatic rings. The van der Waals surface area contributed by atoms with Crippen molar-refractivity contribution in [2.45, 2.75) is 58.1 Å². The number of hydrogen-bond acceptors (Lipinski definition) is 8. The summed E-state index contributed by atoms with van der Waals surface area (Å²) < 4.78 is 13.5. The van der Waals surface area contributed by atoms with Crippen LogP contribution in [0.25, 0.3) is 0 Å². The number of ether oxygens (including phenoxy) is 2. The molecule has 5 rings (SSSR count). The van der Waals surface area contributed by atoms with E-state index in [0.29, 0.717) is 50.9 Å². The second-order valence-corrected chi connectivity index (χ2v) is 11.7. The lowest BCUT2D eigenvalue weighted by Crippen LogP contribution is -2.51. The Hall–Kier alpha value is -4.29. The molecule has 0 aliphatic carbocycles. The van der Waals surface area contributed by atoms with Crippen molar-refractivity contribution >= 4 is 17.9 Å². The van der Waals surface area contributed by atoms with E-state index in [4.69, 9.17) is 15.2 Å². The van der Waals surface area contributed by atoms with Gasteiger partial charge in [0.15, 0.2) is 11.6 Å². The highest BCUT2D eigenvalue weighted by Gasteiger charge is 2.34. The molecule has 1 unspecified atom stereocenters. The number of nitrogens with two attached hydrogens (primary N) is 1. The van der Waals surface area contributed by atoms with Crippen LogP contribution in [0.5, 0.6) is 0 Å². The van der Waals surface area contributed by atoms with Crippen molar-refractivity contribution in [2.75, 3.05) is 26.3 Å². The van der Waals surface area contributed by atoms with Gasteiger partial charge in [-0.1, -0.05) is 60.7 Å². The first kappa shape index (κ1) is 30.2. The van der Waals surface area contributed by atoms with E-state index < -0.39 is 17.7 Å². The van der Waals surface area contributed by atoms with Gasteiger partial charge in [-0.2, -0.15) is 0 Å². The zero-order valence-electron chi connectivity index (χ0n) is 24.6. The van der Waals surface area contributed by atoms with Gasteiger partial charge in [0.1, 0.15) is 6.04 Å². The highest BCUT2D eigenvalue weighted by molar-refractivity contribution is 5.85. The predicted molar refractivity (Wildman–Crippen MR) is 157 cm³/mol. The number of nitrogens with zero attached hydrogens (tertiary/aromatic N) is 5. The predicted octanol–water partition coefficient (Wildman–Crippen LogP) is 2.39. The fourth-order valence-electron chi connectivity index (χ4n) is 5.19. The fraction of sp³-hybridized carbons (Fsp3) is 0.452. The molecule has 2 atom stereocenters. The molecule has 228 valence electrons. The third-order valence-corrected chi connectivity index (χ3v) is 7.59. The summed E-state index contributed by atoms with van der Waals surface area (Å²) in [5, 5.41) is 11.6. The molecule has 3 N–H and O–H groups in total. The van der Waals surface area contributed by atoms with Crippen LogP contribution in [0.15, 0.2) is 60.7 Å². The van der Waals surface area contributed by atoms with Gasteiger partial charge in [0, 0.05) is 38.5 Å². The van der Waals surface area contributed by atoms with Crippen LogP contribution in [0, 0.1) is 5.92 Å². The van der Waals surface area contributed by atoms with E-state index in [9.17, 15) is 14.4 Å². The summed E-state index contributed by atoms with van der Waals surface area (Å²) in [4.78, 5) is 41.6. The number of aromatic nitrogens is 3. The van der Waals surface area contributed by atoms with E-state index in [0.717, 1.165) is 11.1 Å². The maximum Gasteiger partial charge on any atom is 0.410 e. The van der Waals surface area contributed by atoms with Gasteiger partial charge >= 0.3 is 6.09 Å². The van der Waals surface area contributed by atoms with E-state index in [1.807, 2.05) is 70.1 Å². The van der Waals surface area contributed by atoms with Crippen LogP contribution in [0.2, 0.25) is 0 Å². The molecule has 0 bridgehead atoms. The van der Waals surface area contributed by atoms with Crippen molar-refractivity contribution in [1.29, 1.82) is 0 Å². The van der Waals surface area contributed by atoms with Gasteiger partial charge in [-0.25, -0.2) is 4.79 Å². The number of amides is 3. The van der Waals surface area contributed by atoms with Crippen LogP contribution >= 0.6 is 0 Å². The molecule has 3 amide bonds. The average Bonchev–Trinajstić information content (AvgIpc) is 3.58. The van der Waals surface area contributed by atoms with Gasteiger partial charge in [0.2, 0.25) is 11.8 Å². The van der Waals surface area contributed by atoms with E-state index in [1.165, 1.54) is 0 Å². The van der Waals surface area contributed by atoms with Gasteiger partial charge in [-0.3, -0.25) is 14.5 Å². The summed E-state index contributed by atoms with van der Waals surface area (Å²) in [7, 11) is 0. The number of likely N-dealkylation sites (tertiary alicyclic amines) is 1. The summed E-state index contributed by atoms with van der Waals surface area (Å²) in [5.41, 5.74) is 7.03. The number of carbonyl (C=O) groups is 3. The van der Waals surface area contributed by atoms with Gasteiger partial charge < -0.3 is 30.0 Å². The molecule has 12 nitrogen and oxygen atoms in total. The smallest absolute Gasteiger partial charge is 0.410 e. The Bertz CT molecular complexity index is 1410. The highest BCUT2D eigenvalue weighted by atomic mass is 16.6. The molecule has 1 aromatic heterocycles. The SMILES string of the molecule is CC(C)(N)C(=O)N[C@H](COCc1ccccc1)c1nnc2n1CCN(C(=O)OCC1CC(=O)N(Cc3ccccc3)C1)C2. The van der Waals surface area contributed by atoms with Crippen molar-refractivity contribution in [1.82, 2.24) is 29.9 Å². The second kappa shape index (κ2) is 13.3. The van der Waals surface area contributed by atoms with Crippen molar-refractivity contribution in [3.63, 3.8) is 0 Å². The number of benzene rings is 2. The molecule has 0 radical (unpaired) electrons. The average molecular weight is 590 g/mol. The summed E-state index contributed by atoms with van der Waals surface area (Å²) >= 11 is 0. The molecular weight excluding hydrogens is 550 g/mol. The number of hydrogen-bond donors (Lipinski definition) is 2. The minimum atomic E-state index is -1.09. The molecule has 2 aliphatic rings. The van der Waals surface area contributed by atoms with Gasteiger partial charge in [0.25, 0.3) is 0 Å². The van der Waals surface area contributed by atoms with E-state index >= 15 is 0 Å². The first-order valence-electron chi connectivity index (χ1n) is 14.5. The van der Waals surface area contributed by atoms with Gasteiger partial charge in [0.05, 0.1) is 31.9 Å². The summed E-state index contributed by atoms with van der Waals surface area (Å²) in [5.74, 6) is 0.796. The molecule has 0 saturated carbocycles. The quantitative estimate of drug-likeness (QED) is 0.347. The van der Waals surface area contributed by atoms with Crippen LogP contribution in [0.4, 0.5) is 4.79 Å². The molecule has 3 heterocycles. The third kappa shape index (κ3) is 7.76. The molecule has 2 aliphatic heterocycles. The number of nitrogens with one attached hydrogen (secondary N) is 1. The zero-order valence-corrected chi connectivity index (χ0v) is 24.6. The minimum Gasteiger partial charge on any atom is -0.449 e. The molecular formula is C31H39N7O5. The van der Waals surface area contributed by atoms with Gasteiger partial charge in [-0.05, 0) is 25.0 Å². The Balaban J connectivity index is 1.16. The molecule has 43 heavy (non-hydrogen) atoms. The molecule has 2 aromatic carbocycles. The Labute approximate surface area is 251 Å². The third-order valence-electron chi connectivity index (χ3n) is 7.59. The largest absolute Gasteiger partial charge is 0.449 e. The van der Waals surface area contributed by atoms with Crippen LogP contribution < -0.4 is 11.1 Å². The summed E-state index contributed by atoms with van der Waals surface area (Å²) in [6.45, 7) is 6.11. The first-order valence-corrected chi connectivity index (χ1v) is 14.5. The van der Waals surface area contributed by atoms with Crippen LogP contribution in [0.3, 0.4) is 0 Å². The minimum absolute atomic E-state index is 0.0488. The molecule has 1 saturated heterocycles. The molecule has 0 spiro atoms. The Morgan fingerprint density at radius 2 is 1.74 bits per heavy atom. The van der Waals surface area contributed by atoms with Crippen LogP contribution in [-0.2, 0) is 45.3 Å². The van der Waals surface area contributed by atoms with E-state index in [2.05, 4.69) is 15.5 Å². The Morgan fingerprint density at radius 1 is 1.05 bits per heavy atom.